The maximum absolute atomic E-state index is 12.7. The molecule has 1 fully saturated rings. The third-order valence-corrected chi connectivity index (χ3v) is 6.95. The van der Waals surface area contributed by atoms with Gasteiger partial charge < -0.3 is 10.0 Å². The van der Waals surface area contributed by atoms with Crippen LogP contribution in [0.2, 0.25) is 0 Å². The summed E-state index contributed by atoms with van der Waals surface area (Å²) in [6.07, 6.45) is 3.03. The largest absolute Gasteiger partial charge is 0.478 e. The van der Waals surface area contributed by atoms with E-state index in [1.807, 2.05) is 30.3 Å². The molecule has 3 aromatic rings. The zero-order valence-electron chi connectivity index (χ0n) is 16.4. The molecule has 0 aliphatic carbocycles. The monoisotopic (exact) mass is 425 g/mol. The molecular weight excluding hydrogens is 402 g/mol. The smallest absolute Gasteiger partial charge is 0.337 e. The van der Waals surface area contributed by atoms with Crippen molar-refractivity contribution in [2.45, 2.75) is 17.7 Å². The van der Waals surface area contributed by atoms with E-state index in [1.54, 1.807) is 24.3 Å². The number of piperidine rings is 1. The number of benzene rings is 2. The molecule has 0 spiro atoms. The number of anilines is 1. The fourth-order valence-electron chi connectivity index (χ4n) is 3.71. The van der Waals surface area contributed by atoms with Crippen LogP contribution in [0.5, 0.6) is 0 Å². The van der Waals surface area contributed by atoms with Gasteiger partial charge in [0.05, 0.1) is 10.5 Å². The molecule has 0 saturated carbocycles. The average Bonchev–Trinajstić information content (AvgIpc) is 2.78. The first-order valence-electron chi connectivity index (χ1n) is 9.85. The lowest BCUT2D eigenvalue weighted by molar-refractivity contribution is 0.0696. The number of rotatable bonds is 6. The summed E-state index contributed by atoms with van der Waals surface area (Å²) in [4.78, 5) is 17.5. The fraction of sp³-hybridized carbons (Fsp3) is 0.273. The van der Waals surface area contributed by atoms with Crippen LogP contribution in [0.4, 0.5) is 5.82 Å². The number of hydrogen-bond acceptors (Lipinski definition) is 5. The molecule has 0 bridgehead atoms. The summed E-state index contributed by atoms with van der Waals surface area (Å²) in [5.74, 6) is -0.00331. The number of pyridine rings is 1. The Morgan fingerprint density at radius 1 is 1.07 bits per heavy atom. The maximum atomic E-state index is 12.7. The van der Waals surface area contributed by atoms with Crippen LogP contribution < -0.4 is 9.62 Å². The third-order valence-electron chi connectivity index (χ3n) is 5.53. The van der Waals surface area contributed by atoms with E-state index in [2.05, 4.69) is 14.6 Å². The molecule has 156 valence electrons. The van der Waals surface area contributed by atoms with E-state index in [1.165, 1.54) is 6.20 Å². The summed E-state index contributed by atoms with van der Waals surface area (Å²) in [5.41, 5.74) is 0.164. The summed E-state index contributed by atoms with van der Waals surface area (Å²) in [6.45, 7) is 1.90. The highest BCUT2D eigenvalue weighted by molar-refractivity contribution is 7.89. The molecule has 1 aliphatic rings. The first-order chi connectivity index (χ1) is 14.4. The SMILES string of the molecule is O=C(O)c1ccc(N2CCC(CNS(=O)(=O)c3ccc4ccccc4c3)CC2)nc1. The molecule has 8 heteroatoms. The van der Waals surface area contributed by atoms with Crippen molar-refractivity contribution in [3.05, 3.63) is 66.4 Å². The average molecular weight is 426 g/mol. The second-order valence-corrected chi connectivity index (χ2v) is 9.27. The molecule has 2 aromatic carbocycles. The minimum atomic E-state index is -3.56. The molecule has 4 rings (SSSR count). The number of nitrogens with one attached hydrogen (secondary N) is 1. The van der Waals surface area contributed by atoms with E-state index in [9.17, 15) is 13.2 Å². The van der Waals surface area contributed by atoms with Crippen molar-refractivity contribution in [1.29, 1.82) is 0 Å². The van der Waals surface area contributed by atoms with E-state index in [4.69, 9.17) is 5.11 Å². The van der Waals surface area contributed by atoms with Gasteiger partial charge in [-0.05, 0) is 53.8 Å². The van der Waals surface area contributed by atoms with Gasteiger partial charge in [0.25, 0.3) is 0 Å². The van der Waals surface area contributed by atoms with Gasteiger partial charge in [-0.1, -0.05) is 30.3 Å². The second kappa shape index (κ2) is 8.41. The summed E-state index contributed by atoms with van der Waals surface area (Å²) >= 11 is 0. The highest BCUT2D eigenvalue weighted by Crippen LogP contribution is 2.23. The summed E-state index contributed by atoms with van der Waals surface area (Å²) in [7, 11) is -3.56. The Kier molecular flexibility index (Phi) is 5.69. The van der Waals surface area contributed by atoms with Gasteiger partial charge in [-0.25, -0.2) is 22.9 Å². The summed E-state index contributed by atoms with van der Waals surface area (Å²) in [6, 6.07) is 16.1. The molecule has 30 heavy (non-hydrogen) atoms. The zero-order chi connectivity index (χ0) is 21.1. The molecule has 1 saturated heterocycles. The van der Waals surface area contributed by atoms with Gasteiger partial charge in [-0.3, -0.25) is 0 Å². The van der Waals surface area contributed by atoms with E-state index in [-0.39, 0.29) is 16.4 Å². The number of carboxylic acid groups (broad SMARTS) is 1. The molecule has 2 heterocycles. The van der Waals surface area contributed by atoms with Crippen molar-refractivity contribution in [1.82, 2.24) is 9.71 Å². The van der Waals surface area contributed by atoms with Gasteiger partial charge in [0.15, 0.2) is 0 Å². The third kappa shape index (κ3) is 4.44. The molecule has 7 nitrogen and oxygen atoms in total. The van der Waals surface area contributed by atoms with Crippen molar-refractivity contribution < 1.29 is 18.3 Å². The van der Waals surface area contributed by atoms with Crippen molar-refractivity contribution in [3.8, 4) is 0 Å². The Morgan fingerprint density at radius 3 is 2.47 bits per heavy atom. The van der Waals surface area contributed by atoms with Crippen molar-refractivity contribution in [2.24, 2.45) is 5.92 Å². The van der Waals surface area contributed by atoms with Crippen LogP contribution in [0.3, 0.4) is 0 Å². The quantitative estimate of drug-likeness (QED) is 0.629. The van der Waals surface area contributed by atoms with Crippen LogP contribution in [-0.2, 0) is 10.0 Å². The number of carboxylic acids is 1. The highest BCUT2D eigenvalue weighted by atomic mass is 32.2. The van der Waals surface area contributed by atoms with Gasteiger partial charge in [0.2, 0.25) is 10.0 Å². The predicted octanol–water partition coefficient (Wildman–Crippen LogP) is 3.13. The number of aromatic carboxylic acids is 1. The number of sulfonamides is 1. The highest BCUT2D eigenvalue weighted by Gasteiger charge is 2.23. The van der Waals surface area contributed by atoms with Crippen LogP contribution in [0, 0.1) is 5.92 Å². The zero-order valence-corrected chi connectivity index (χ0v) is 17.2. The van der Waals surface area contributed by atoms with Crippen molar-refractivity contribution in [2.75, 3.05) is 24.5 Å². The van der Waals surface area contributed by atoms with Crippen molar-refractivity contribution in [3.63, 3.8) is 0 Å². The standard InChI is InChI=1S/C22H23N3O4S/c26-22(27)19-6-8-21(23-15-19)25-11-9-16(10-12-25)14-24-30(28,29)20-7-5-17-3-1-2-4-18(17)13-20/h1-8,13,15-16,24H,9-12,14H2,(H,26,27). The minimum absolute atomic E-state index is 0.164. The number of hydrogen-bond donors (Lipinski definition) is 2. The lowest BCUT2D eigenvalue weighted by Gasteiger charge is -2.32. The summed E-state index contributed by atoms with van der Waals surface area (Å²) < 4.78 is 28.2. The lowest BCUT2D eigenvalue weighted by atomic mass is 9.97. The minimum Gasteiger partial charge on any atom is -0.478 e. The molecule has 0 radical (unpaired) electrons. The van der Waals surface area contributed by atoms with Crippen LogP contribution in [0.15, 0.2) is 65.7 Å². The van der Waals surface area contributed by atoms with E-state index in [0.29, 0.717) is 6.54 Å². The van der Waals surface area contributed by atoms with Crippen LogP contribution in [0.1, 0.15) is 23.2 Å². The summed E-state index contributed by atoms with van der Waals surface area (Å²) in [5, 5.41) is 10.9. The molecule has 0 unspecified atom stereocenters. The number of carbonyl (C=O) groups is 1. The van der Waals surface area contributed by atoms with Crippen molar-refractivity contribution >= 4 is 32.6 Å². The van der Waals surface area contributed by atoms with Gasteiger partial charge in [0.1, 0.15) is 5.82 Å². The van der Waals surface area contributed by atoms with Gasteiger partial charge >= 0.3 is 5.97 Å². The van der Waals surface area contributed by atoms with E-state index < -0.39 is 16.0 Å². The van der Waals surface area contributed by atoms with Gasteiger partial charge in [0, 0.05) is 25.8 Å². The molecule has 0 atom stereocenters. The van der Waals surface area contributed by atoms with Gasteiger partial charge in [-0.15, -0.1) is 0 Å². The predicted molar refractivity (Wildman–Crippen MR) is 115 cm³/mol. The van der Waals surface area contributed by atoms with Crippen LogP contribution >= 0.6 is 0 Å². The Morgan fingerprint density at radius 2 is 1.80 bits per heavy atom. The molecule has 0 amide bonds. The van der Waals surface area contributed by atoms with E-state index >= 15 is 0 Å². The Balaban J connectivity index is 1.34. The number of nitrogens with zero attached hydrogens (tertiary/aromatic N) is 2. The molecular formula is C22H23N3O4S. The number of fused-ring (bicyclic) bond motifs is 1. The Labute approximate surface area is 175 Å². The maximum Gasteiger partial charge on any atom is 0.337 e. The Hall–Kier alpha value is -2.97. The first kappa shape index (κ1) is 20.3. The second-order valence-electron chi connectivity index (χ2n) is 7.50. The first-order valence-corrected chi connectivity index (χ1v) is 11.3. The topological polar surface area (TPSA) is 99.6 Å². The molecule has 2 N–H and O–H groups in total. The lowest BCUT2D eigenvalue weighted by Crippen LogP contribution is -2.39. The number of aromatic nitrogens is 1. The van der Waals surface area contributed by atoms with E-state index in [0.717, 1.165) is 42.5 Å². The fourth-order valence-corrected chi connectivity index (χ4v) is 4.86. The normalized spacial score (nSPS) is 15.4. The van der Waals surface area contributed by atoms with Crippen LogP contribution in [-0.4, -0.2) is 44.1 Å². The Bertz CT molecular complexity index is 1150. The van der Waals surface area contributed by atoms with Gasteiger partial charge in [-0.2, -0.15) is 0 Å². The van der Waals surface area contributed by atoms with Crippen LogP contribution in [0.25, 0.3) is 10.8 Å². The molecule has 1 aromatic heterocycles. The molecule has 1 aliphatic heterocycles.